The standard InChI is InChI=1S/C48H64N4O13S4/c1-31-15-19-39-37(27-31)47(4,5)41(51(39)24-9-13-43(53)49-29-32(2)67(57,58)59)21-16-34-11-8-12-35(46(34)66-26-23-45(55)56)17-22-42-48(6,7)38-28-36(69(63,64)65)18-20-40(38)52(42)25-10-14-44(54)50-30-33(3)68(60,61)62/h15-22,27-28,32-33H,8-14,23-26,29-30H2,1-7H3,(H5-,49,50,53,54,55,56,57,58,59,60,61,62,63,64,65)/p+1. The van der Waals surface area contributed by atoms with Gasteiger partial charge in [0.1, 0.15) is 17.0 Å². The molecule has 0 saturated heterocycles. The number of nitrogens with zero attached hydrogens (tertiary/aromatic N) is 2. The third-order valence-electron chi connectivity index (χ3n) is 12.9. The fraction of sp³-hybridized carbons (Fsp3) is 0.500. The highest BCUT2D eigenvalue weighted by Crippen LogP contribution is 2.49. The zero-order valence-electron chi connectivity index (χ0n) is 40.1. The number of aliphatic carboxylic acids is 1. The van der Waals surface area contributed by atoms with Crippen molar-refractivity contribution in [3.8, 4) is 0 Å². The molecule has 1 aliphatic carbocycles. The summed E-state index contributed by atoms with van der Waals surface area (Å²) in [5.74, 6) is -1.36. The summed E-state index contributed by atoms with van der Waals surface area (Å²) >= 11 is 1.46. The van der Waals surface area contributed by atoms with Crippen LogP contribution < -0.4 is 15.5 Å². The number of carboxylic acid groups (broad SMARTS) is 1. The van der Waals surface area contributed by atoms with Crippen LogP contribution in [-0.4, -0.2) is 115 Å². The van der Waals surface area contributed by atoms with Crippen LogP contribution in [0.25, 0.3) is 0 Å². The van der Waals surface area contributed by atoms with E-state index in [1.165, 1.54) is 37.7 Å². The Morgan fingerprint density at radius 2 is 1.42 bits per heavy atom. The Morgan fingerprint density at radius 3 is 2.01 bits per heavy atom. The quantitative estimate of drug-likeness (QED) is 0.0525. The maximum atomic E-state index is 12.8. The van der Waals surface area contributed by atoms with E-state index in [0.29, 0.717) is 55.8 Å². The predicted octanol–water partition coefficient (Wildman–Crippen LogP) is 6.77. The summed E-state index contributed by atoms with van der Waals surface area (Å²) in [6.45, 7) is 13.1. The average Bonchev–Trinajstić information content (AvgIpc) is 3.59. The van der Waals surface area contributed by atoms with Gasteiger partial charge in [-0.05, 0) is 101 Å². The molecule has 2 atom stereocenters. The Bertz CT molecular complexity index is 2850. The summed E-state index contributed by atoms with van der Waals surface area (Å²) in [6, 6.07) is 10.7. The molecule has 5 rings (SSSR count). The molecular formula is C48H65N4O13S4+. The van der Waals surface area contributed by atoms with Gasteiger partial charge in [0.15, 0.2) is 5.71 Å². The highest BCUT2D eigenvalue weighted by atomic mass is 32.2. The van der Waals surface area contributed by atoms with E-state index in [1.54, 1.807) is 6.07 Å². The molecule has 2 heterocycles. The number of carbonyl (C=O) groups excluding carboxylic acids is 2. The Balaban J connectivity index is 1.51. The van der Waals surface area contributed by atoms with Crippen LogP contribution in [0.5, 0.6) is 0 Å². The number of carbonyl (C=O) groups is 3. The van der Waals surface area contributed by atoms with Crippen LogP contribution in [-0.2, 0) is 55.6 Å². The zero-order chi connectivity index (χ0) is 51.3. The molecule has 0 fully saturated rings. The van der Waals surface area contributed by atoms with E-state index in [2.05, 4.69) is 53.7 Å². The number of nitrogens with one attached hydrogen (secondary N) is 2. The Morgan fingerprint density at radius 1 is 0.797 bits per heavy atom. The molecule has 0 radical (unpaired) electrons. The van der Waals surface area contributed by atoms with Crippen molar-refractivity contribution in [2.24, 2.45) is 0 Å². The fourth-order valence-electron chi connectivity index (χ4n) is 8.79. The first-order valence-corrected chi connectivity index (χ1v) is 28.3. The number of hydrogen-bond donors (Lipinski definition) is 6. The molecule has 2 unspecified atom stereocenters. The van der Waals surface area contributed by atoms with Crippen LogP contribution in [0.4, 0.5) is 11.4 Å². The van der Waals surface area contributed by atoms with Crippen molar-refractivity contribution >= 4 is 77.0 Å². The summed E-state index contributed by atoms with van der Waals surface area (Å²) in [5, 5.41) is 12.4. The van der Waals surface area contributed by atoms with E-state index >= 15 is 0 Å². The molecule has 17 nitrogen and oxygen atoms in total. The van der Waals surface area contributed by atoms with Gasteiger partial charge in [0.25, 0.3) is 30.4 Å². The number of thioether (sulfide) groups is 1. The Labute approximate surface area is 410 Å². The maximum absolute atomic E-state index is 12.8. The minimum Gasteiger partial charge on any atom is -0.481 e. The molecular weight excluding hydrogens is 969 g/mol. The second-order valence-corrected chi connectivity index (χ2v) is 25.1. The highest BCUT2D eigenvalue weighted by Gasteiger charge is 2.45. The van der Waals surface area contributed by atoms with Gasteiger partial charge in [-0.15, -0.1) is 11.8 Å². The van der Waals surface area contributed by atoms with Crippen LogP contribution in [0.2, 0.25) is 0 Å². The van der Waals surface area contributed by atoms with E-state index in [4.69, 9.17) is 0 Å². The summed E-state index contributed by atoms with van der Waals surface area (Å²) in [4.78, 5) is 40.2. The summed E-state index contributed by atoms with van der Waals surface area (Å²) in [7, 11) is -13.2. The number of benzene rings is 2. The molecule has 69 heavy (non-hydrogen) atoms. The van der Waals surface area contributed by atoms with Crippen LogP contribution in [0.1, 0.15) is 110 Å². The SMILES string of the molecule is Cc1ccc2c(c1)C(C)(C)/C(=C\C=C1/CCCC(/C=C/C3=[N+](CCCC(=O)NCC(C)S(=O)(=O)O)c4ccc(S(=O)(=O)O)cc4C3(C)C)=C1SCCC(=O)O)N2CCCC(=O)NCC(C)S(=O)(=O)O. The first kappa shape index (κ1) is 55.3. The lowest BCUT2D eigenvalue weighted by Gasteiger charge is -2.27. The lowest BCUT2D eigenvalue weighted by atomic mass is 9.81. The number of hydrogen-bond acceptors (Lipinski definition) is 11. The Kier molecular flexibility index (Phi) is 17.8. The second kappa shape index (κ2) is 22.2. The number of anilines is 1. The molecule has 2 amide bonds. The van der Waals surface area contributed by atoms with Gasteiger partial charge in [-0.1, -0.05) is 43.7 Å². The lowest BCUT2D eigenvalue weighted by molar-refractivity contribution is -0.438. The van der Waals surface area contributed by atoms with Gasteiger partial charge in [-0.3, -0.25) is 28.0 Å². The van der Waals surface area contributed by atoms with Gasteiger partial charge < -0.3 is 20.6 Å². The average molecular weight is 1030 g/mol. The van der Waals surface area contributed by atoms with E-state index in [-0.39, 0.29) is 43.2 Å². The molecule has 378 valence electrons. The molecule has 2 aromatic rings. The van der Waals surface area contributed by atoms with Crippen LogP contribution in [0, 0.1) is 6.92 Å². The molecule has 21 heteroatoms. The second-order valence-electron chi connectivity index (χ2n) is 18.9. The van der Waals surface area contributed by atoms with E-state index in [0.717, 1.165) is 50.7 Å². The van der Waals surface area contributed by atoms with E-state index in [9.17, 15) is 58.4 Å². The normalized spacial score (nSPS) is 19.0. The molecule has 0 aromatic heterocycles. The van der Waals surface area contributed by atoms with Crippen molar-refractivity contribution in [2.45, 2.75) is 126 Å². The van der Waals surface area contributed by atoms with Gasteiger partial charge in [-0.2, -0.15) is 29.8 Å². The third-order valence-corrected chi connectivity index (χ3v) is 17.3. The van der Waals surface area contributed by atoms with Gasteiger partial charge in [-0.25, -0.2) is 0 Å². The minimum absolute atomic E-state index is 0.0248. The smallest absolute Gasteiger partial charge is 0.304 e. The zero-order valence-corrected chi connectivity index (χ0v) is 43.4. The highest BCUT2D eigenvalue weighted by molar-refractivity contribution is 8.03. The minimum atomic E-state index is -4.54. The fourth-order valence-corrected chi connectivity index (χ4v) is 11.1. The van der Waals surface area contributed by atoms with Crippen molar-refractivity contribution in [1.29, 1.82) is 0 Å². The lowest BCUT2D eigenvalue weighted by Crippen LogP contribution is -2.35. The monoisotopic (exact) mass is 1030 g/mol. The van der Waals surface area contributed by atoms with Crippen molar-refractivity contribution in [3.05, 3.63) is 99.1 Å². The maximum Gasteiger partial charge on any atom is 0.304 e. The van der Waals surface area contributed by atoms with Crippen molar-refractivity contribution < 1.29 is 63.0 Å². The van der Waals surface area contributed by atoms with Crippen molar-refractivity contribution in [3.63, 3.8) is 0 Å². The topological polar surface area (TPSA) is 265 Å². The van der Waals surface area contributed by atoms with Gasteiger partial charge in [0, 0.05) is 84.1 Å². The first-order valence-electron chi connectivity index (χ1n) is 22.8. The number of aryl methyl sites for hydroxylation is 1. The predicted molar refractivity (Wildman–Crippen MR) is 268 cm³/mol. The van der Waals surface area contributed by atoms with Crippen molar-refractivity contribution in [2.75, 3.05) is 36.8 Å². The number of fused-ring (bicyclic) bond motifs is 2. The first-order chi connectivity index (χ1) is 32.0. The summed E-state index contributed by atoms with van der Waals surface area (Å²) < 4.78 is 101. The van der Waals surface area contributed by atoms with Crippen LogP contribution in [0.15, 0.2) is 87.3 Å². The molecule has 6 N–H and O–H groups in total. The molecule has 2 aromatic carbocycles. The van der Waals surface area contributed by atoms with Gasteiger partial charge in [0.2, 0.25) is 17.5 Å². The summed E-state index contributed by atoms with van der Waals surface area (Å²) in [6.07, 6.45) is 11.2. The number of amides is 2. The van der Waals surface area contributed by atoms with Crippen molar-refractivity contribution in [1.82, 2.24) is 10.6 Å². The molecule has 0 bridgehead atoms. The van der Waals surface area contributed by atoms with Gasteiger partial charge >= 0.3 is 5.97 Å². The Hall–Kier alpha value is -4.64. The molecule has 2 aliphatic heterocycles. The number of rotatable bonds is 22. The van der Waals surface area contributed by atoms with Crippen LogP contribution in [0.3, 0.4) is 0 Å². The van der Waals surface area contributed by atoms with Crippen LogP contribution >= 0.6 is 11.8 Å². The molecule has 0 saturated carbocycles. The largest absolute Gasteiger partial charge is 0.481 e. The number of carboxylic acids is 1. The molecule has 0 spiro atoms. The number of allylic oxidation sites excluding steroid dienone is 7. The van der Waals surface area contributed by atoms with Gasteiger partial charge in [0.05, 0.1) is 16.7 Å². The third kappa shape index (κ3) is 13.8. The summed E-state index contributed by atoms with van der Waals surface area (Å²) in [5.41, 5.74) is 7.07. The molecule has 3 aliphatic rings. The van der Waals surface area contributed by atoms with E-state index in [1.807, 2.05) is 43.6 Å². The van der Waals surface area contributed by atoms with E-state index < -0.39 is 63.6 Å².